The van der Waals surface area contributed by atoms with Gasteiger partial charge >= 0.3 is 5.97 Å². The molecule has 1 amide bonds. The minimum Gasteiger partial charge on any atom is -0.452 e. The Hall–Kier alpha value is -1.51. The number of halogens is 4. The molecular formula is C16H11Cl4NO5S. The Morgan fingerprint density at radius 1 is 0.963 bits per heavy atom. The van der Waals surface area contributed by atoms with Crippen LogP contribution in [0.2, 0.25) is 20.1 Å². The van der Waals surface area contributed by atoms with E-state index in [1.54, 1.807) is 0 Å². The quantitative estimate of drug-likeness (QED) is 0.513. The fourth-order valence-electron chi connectivity index (χ4n) is 1.93. The minimum atomic E-state index is -3.63. The summed E-state index contributed by atoms with van der Waals surface area (Å²) < 4.78 is 28.2. The van der Waals surface area contributed by atoms with Crippen LogP contribution in [0.5, 0.6) is 0 Å². The highest BCUT2D eigenvalue weighted by Gasteiger charge is 2.18. The van der Waals surface area contributed by atoms with Gasteiger partial charge < -0.3 is 10.1 Å². The monoisotopic (exact) mass is 469 g/mol. The largest absolute Gasteiger partial charge is 0.452 e. The molecule has 0 saturated carbocycles. The topological polar surface area (TPSA) is 89.5 Å². The molecule has 0 bridgehead atoms. The summed E-state index contributed by atoms with van der Waals surface area (Å²) in [6, 6.07) is 6.32. The predicted molar refractivity (Wildman–Crippen MR) is 105 cm³/mol. The molecule has 0 spiro atoms. The first-order valence-corrected chi connectivity index (χ1v) is 10.5. The molecule has 2 aromatic carbocycles. The zero-order valence-corrected chi connectivity index (χ0v) is 17.4. The van der Waals surface area contributed by atoms with E-state index >= 15 is 0 Å². The lowest BCUT2D eigenvalue weighted by molar-refractivity contribution is -0.119. The summed E-state index contributed by atoms with van der Waals surface area (Å²) in [5.41, 5.74) is 0.123. The first-order valence-electron chi connectivity index (χ1n) is 7.10. The van der Waals surface area contributed by atoms with Crippen LogP contribution in [0.15, 0.2) is 35.2 Å². The second kappa shape index (κ2) is 8.67. The highest BCUT2D eigenvalue weighted by molar-refractivity contribution is 7.90. The van der Waals surface area contributed by atoms with Crippen molar-refractivity contribution < 1.29 is 22.7 Å². The van der Waals surface area contributed by atoms with Crippen LogP contribution in [0.4, 0.5) is 5.69 Å². The van der Waals surface area contributed by atoms with Crippen LogP contribution < -0.4 is 5.32 Å². The van der Waals surface area contributed by atoms with Crippen LogP contribution in [-0.2, 0) is 19.4 Å². The van der Waals surface area contributed by atoms with Crippen LogP contribution in [0.3, 0.4) is 0 Å². The van der Waals surface area contributed by atoms with Gasteiger partial charge in [-0.1, -0.05) is 46.4 Å². The molecular weight excluding hydrogens is 460 g/mol. The Morgan fingerprint density at radius 2 is 1.59 bits per heavy atom. The third-order valence-electron chi connectivity index (χ3n) is 3.18. The third kappa shape index (κ3) is 5.73. The van der Waals surface area contributed by atoms with E-state index in [1.807, 2.05) is 0 Å². The number of hydrogen-bond acceptors (Lipinski definition) is 5. The fraction of sp³-hybridized carbons (Fsp3) is 0.125. The second-order valence-electron chi connectivity index (χ2n) is 5.29. The van der Waals surface area contributed by atoms with Crippen molar-refractivity contribution in [1.82, 2.24) is 0 Å². The minimum absolute atomic E-state index is 0.0268. The van der Waals surface area contributed by atoms with Gasteiger partial charge in [0.05, 0.1) is 36.2 Å². The van der Waals surface area contributed by atoms with Crippen molar-refractivity contribution in [3.63, 3.8) is 0 Å². The molecule has 0 aromatic heterocycles. The van der Waals surface area contributed by atoms with Gasteiger partial charge in [-0.2, -0.15) is 0 Å². The van der Waals surface area contributed by atoms with Crippen molar-refractivity contribution >= 4 is 73.8 Å². The van der Waals surface area contributed by atoms with Crippen molar-refractivity contribution in [2.24, 2.45) is 0 Å². The number of nitrogens with one attached hydrogen (secondary N) is 1. The smallest absolute Gasteiger partial charge is 0.338 e. The molecule has 27 heavy (non-hydrogen) atoms. The first-order chi connectivity index (χ1) is 12.5. The molecule has 0 fully saturated rings. The zero-order chi connectivity index (χ0) is 20.4. The number of esters is 1. The van der Waals surface area contributed by atoms with Gasteiger partial charge in [-0.05, 0) is 30.3 Å². The van der Waals surface area contributed by atoms with Crippen molar-refractivity contribution in [2.75, 3.05) is 18.2 Å². The summed E-state index contributed by atoms with van der Waals surface area (Å²) >= 11 is 23.4. The molecule has 2 rings (SSSR count). The van der Waals surface area contributed by atoms with E-state index < -0.39 is 28.3 Å². The number of hydrogen-bond donors (Lipinski definition) is 1. The summed E-state index contributed by atoms with van der Waals surface area (Å²) in [4.78, 5) is 23.8. The number of sulfone groups is 1. The highest BCUT2D eigenvalue weighted by Crippen LogP contribution is 2.32. The summed E-state index contributed by atoms with van der Waals surface area (Å²) in [6.45, 7) is -0.633. The summed E-state index contributed by atoms with van der Waals surface area (Å²) in [6.07, 6.45) is 0.956. The molecule has 0 aliphatic rings. The summed E-state index contributed by atoms with van der Waals surface area (Å²) in [7, 11) is -3.63. The van der Waals surface area contributed by atoms with Crippen LogP contribution in [0, 0.1) is 0 Å². The van der Waals surface area contributed by atoms with Crippen LogP contribution >= 0.6 is 46.4 Å². The van der Waals surface area contributed by atoms with E-state index in [0.717, 1.165) is 12.3 Å². The maximum Gasteiger partial charge on any atom is 0.338 e. The molecule has 11 heteroatoms. The lowest BCUT2D eigenvalue weighted by Crippen LogP contribution is -2.21. The average molecular weight is 471 g/mol. The molecule has 6 nitrogen and oxygen atoms in total. The van der Waals surface area contributed by atoms with E-state index in [-0.39, 0.29) is 36.2 Å². The van der Waals surface area contributed by atoms with Crippen molar-refractivity contribution in [3.05, 3.63) is 56.0 Å². The van der Waals surface area contributed by atoms with E-state index in [4.69, 9.17) is 51.1 Å². The number of rotatable bonds is 5. The van der Waals surface area contributed by atoms with Gasteiger partial charge in [0.1, 0.15) is 0 Å². The van der Waals surface area contributed by atoms with E-state index in [1.165, 1.54) is 24.3 Å². The Labute approximate surface area is 175 Å². The van der Waals surface area contributed by atoms with Gasteiger partial charge in [0.2, 0.25) is 0 Å². The highest BCUT2D eigenvalue weighted by atomic mass is 35.5. The Morgan fingerprint density at radius 3 is 2.22 bits per heavy atom. The molecule has 0 aliphatic heterocycles. The fourth-order valence-corrected chi connectivity index (χ4v) is 3.83. The number of ether oxygens (including phenoxy) is 1. The van der Waals surface area contributed by atoms with Gasteiger partial charge in [0, 0.05) is 6.26 Å². The first kappa shape index (κ1) is 21.8. The zero-order valence-electron chi connectivity index (χ0n) is 13.6. The van der Waals surface area contributed by atoms with Gasteiger partial charge in [0.15, 0.2) is 16.4 Å². The van der Waals surface area contributed by atoms with Gasteiger partial charge in [-0.15, -0.1) is 0 Å². The molecule has 144 valence electrons. The predicted octanol–water partition coefficient (Wildman–Crippen LogP) is 4.50. The summed E-state index contributed by atoms with van der Waals surface area (Å²) in [5, 5.41) is 2.95. The number of carbonyl (C=O) groups is 2. The van der Waals surface area contributed by atoms with E-state index in [0.29, 0.717) is 0 Å². The average Bonchev–Trinajstić information content (AvgIpc) is 2.57. The molecule has 0 saturated heterocycles. The molecule has 0 aliphatic carbocycles. The third-order valence-corrected chi connectivity index (χ3v) is 5.80. The Balaban J connectivity index is 2.06. The normalized spacial score (nSPS) is 11.1. The SMILES string of the molecule is CS(=O)(=O)c1cc(C(=O)OCC(=O)Nc2cc(Cl)c(Cl)cc2Cl)ccc1Cl. The number of carbonyl (C=O) groups excluding carboxylic acids is 2. The Bertz CT molecular complexity index is 1020. The molecule has 1 N–H and O–H groups in total. The molecule has 0 heterocycles. The van der Waals surface area contributed by atoms with E-state index in [2.05, 4.69) is 5.32 Å². The second-order valence-corrected chi connectivity index (χ2v) is 8.90. The molecule has 0 radical (unpaired) electrons. The van der Waals surface area contributed by atoms with Crippen molar-refractivity contribution in [1.29, 1.82) is 0 Å². The van der Waals surface area contributed by atoms with Gasteiger partial charge in [-0.25, -0.2) is 13.2 Å². The molecule has 0 atom stereocenters. The lowest BCUT2D eigenvalue weighted by atomic mass is 10.2. The summed E-state index contributed by atoms with van der Waals surface area (Å²) in [5.74, 6) is -1.58. The van der Waals surface area contributed by atoms with Crippen molar-refractivity contribution in [2.45, 2.75) is 4.90 Å². The lowest BCUT2D eigenvalue weighted by Gasteiger charge is -2.10. The van der Waals surface area contributed by atoms with Crippen molar-refractivity contribution in [3.8, 4) is 0 Å². The number of anilines is 1. The van der Waals surface area contributed by atoms with Gasteiger partial charge in [-0.3, -0.25) is 4.79 Å². The van der Waals surface area contributed by atoms with Gasteiger partial charge in [0.25, 0.3) is 5.91 Å². The Kier molecular flexibility index (Phi) is 6.99. The molecule has 0 unspecified atom stereocenters. The van der Waals surface area contributed by atoms with Crippen LogP contribution in [-0.4, -0.2) is 33.2 Å². The molecule has 2 aromatic rings. The maximum atomic E-state index is 12.1. The van der Waals surface area contributed by atoms with Crippen LogP contribution in [0.25, 0.3) is 0 Å². The number of benzene rings is 2. The van der Waals surface area contributed by atoms with E-state index in [9.17, 15) is 18.0 Å². The number of amides is 1. The van der Waals surface area contributed by atoms with Crippen LogP contribution in [0.1, 0.15) is 10.4 Å². The standard InChI is InChI=1S/C16H11Cl4NO5S/c1-27(24,25)14-4-8(2-3-9(14)17)16(23)26-7-15(22)21-13-6-11(19)10(18)5-12(13)20/h2-6H,7H2,1H3,(H,21,22). The maximum absolute atomic E-state index is 12.1.